The molecule has 0 atom stereocenters. The number of hydrogen-bond donors (Lipinski definition) is 1. The third-order valence-electron chi connectivity index (χ3n) is 4.40. The van der Waals surface area contributed by atoms with Crippen molar-refractivity contribution in [3.63, 3.8) is 0 Å². The second kappa shape index (κ2) is 7.85. The van der Waals surface area contributed by atoms with E-state index in [-0.39, 0.29) is 11.6 Å². The number of piperidine rings is 1. The minimum absolute atomic E-state index is 0.0664. The molecule has 0 saturated carbocycles. The van der Waals surface area contributed by atoms with Gasteiger partial charge < -0.3 is 9.64 Å². The number of nitrogens with zero attached hydrogens (tertiary/aromatic N) is 2. The lowest BCUT2D eigenvalue weighted by atomic mass is 10.1. The first kappa shape index (κ1) is 19.6. The lowest BCUT2D eigenvalue weighted by Crippen LogP contribution is -2.35. The van der Waals surface area contributed by atoms with Gasteiger partial charge in [-0.15, -0.1) is 0 Å². The summed E-state index contributed by atoms with van der Waals surface area (Å²) in [6.45, 7) is 0.509. The van der Waals surface area contributed by atoms with E-state index in [2.05, 4.69) is 4.72 Å². The number of para-hydroxylation sites is 1. The third kappa shape index (κ3) is 3.91. The van der Waals surface area contributed by atoms with Crippen molar-refractivity contribution in [2.24, 2.45) is 0 Å². The summed E-state index contributed by atoms with van der Waals surface area (Å²) in [7, 11) is -2.74. The highest BCUT2D eigenvalue weighted by Crippen LogP contribution is 2.35. The van der Waals surface area contributed by atoms with Crippen molar-refractivity contribution in [2.75, 3.05) is 23.3 Å². The van der Waals surface area contributed by atoms with Gasteiger partial charge in [-0.2, -0.15) is 0 Å². The average Bonchev–Trinajstić information content (AvgIpc) is 2.68. The first-order valence-corrected chi connectivity index (χ1v) is 10.1. The lowest BCUT2D eigenvalue weighted by molar-refractivity contribution is -0.387. The molecular weight excluding hydrogens is 386 g/mol. The van der Waals surface area contributed by atoms with E-state index < -0.39 is 25.5 Å². The number of nitro groups is 1. The van der Waals surface area contributed by atoms with Crippen molar-refractivity contribution in [1.82, 2.24) is 0 Å². The van der Waals surface area contributed by atoms with Crippen molar-refractivity contribution in [3.05, 3.63) is 52.6 Å². The predicted octanol–water partition coefficient (Wildman–Crippen LogP) is 2.92. The maximum Gasteiger partial charge on any atom is 0.289 e. The molecule has 1 saturated heterocycles. The van der Waals surface area contributed by atoms with Crippen LogP contribution in [0.2, 0.25) is 0 Å². The minimum atomic E-state index is -4.21. The SMILES string of the molecule is COc1ccc(NS(=O)(=O)c2ccccc2[N+](=O)[O-])cc1N1CCCCC1=O. The third-order valence-corrected chi connectivity index (χ3v) is 5.83. The van der Waals surface area contributed by atoms with Gasteiger partial charge in [0.05, 0.1) is 23.4 Å². The van der Waals surface area contributed by atoms with Crippen LogP contribution in [0.25, 0.3) is 0 Å². The number of nitro benzene ring substituents is 1. The summed E-state index contributed by atoms with van der Waals surface area (Å²) < 4.78 is 33.1. The fraction of sp³-hybridized carbons (Fsp3) is 0.278. The second-order valence-corrected chi connectivity index (χ2v) is 7.87. The van der Waals surface area contributed by atoms with Crippen LogP contribution in [-0.4, -0.2) is 32.9 Å². The molecule has 0 radical (unpaired) electrons. The number of benzene rings is 2. The Morgan fingerprint density at radius 2 is 1.93 bits per heavy atom. The van der Waals surface area contributed by atoms with Gasteiger partial charge in [0.2, 0.25) is 5.91 Å². The molecule has 0 unspecified atom stereocenters. The number of sulfonamides is 1. The van der Waals surface area contributed by atoms with Gasteiger partial charge in [0.25, 0.3) is 15.7 Å². The Balaban J connectivity index is 1.98. The van der Waals surface area contributed by atoms with Crippen molar-refractivity contribution < 1.29 is 22.9 Å². The van der Waals surface area contributed by atoms with Crippen LogP contribution in [0.4, 0.5) is 17.1 Å². The number of carbonyl (C=O) groups is 1. The molecule has 0 aromatic heterocycles. The van der Waals surface area contributed by atoms with Gasteiger partial charge >= 0.3 is 0 Å². The zero-order chi connectivity index (χ0) is 20.3. The summed E-state index contributed by atoms with van der Waals surface area (Å²) in [6.07, 6.45) is 2.05. The smallest absolute Gasteiger partial charge is 0.289 e. The molecule has 0 bridgehead atoms. The van der Waals surface area contributed by atoms with Crippen LogP contribution in [0.15, 0.2) is 47.4 Å². The van der Waals surface area contributed by atoms with Crippen LogP contribution in [0, 0.1) is 10.1 Å². The van der Waals surface area contributed by atoms with Gasteiger partial charge in [0.15, 0.2) is 4.90 Å². The molecule has 28 heavy (non-hydrogen) atoms. The van der Waals surface area contributed by atoms with Crippen molar-refractivity contribution >= 4 is 33.0 Å². The van der Waals surface area contributed by atoms with Gasteiger partial charge in [-0.3, -0.25) is 19.6 Å². The predicted molar refractivity (Wildman–Crippen MR) is 103 cm³/mol. The van der Waals surface area contributed by atoms with E-state index >= 15 is 0 Å². The molecule has 10 heteroatoms. The molecule has 9 nitrogen and oxygen atoms in total. The summed E-state index contributed by atoms with van der Waals surface area (Å²) in [4.78, 5) is 23.8. The summed E-state index contributed by atoms with van der Waals surface area (Å²) >= 11 is 0. The molecule has 1 aliphatic heterocycles. The Morgan fingerprint density at radius 1 is 1.18 bits per heavy atom. The number of methoxy groups -OCH3 is 1. The van der Waals surface area contributed by atoms with Crippen molar-refractivity contribution in [1.29, 1.82) is 0 Å². The summed E-state index contributed by atoms with van der Waals surface area (Å²) in [5, 5.41) is 11.2. The highest BCUT2D eigenvalue weighted by Gasteiger charge is 2.27. The largest absolute Gasteiger partial charge is 0.495 e. The lowest BCUT2D eigenvalue weighted by Gasteiger charge is -2.28. The standard InChI is InChI=1S/C18H19N3O6S/c1-27-16-10-9-13(12-15(16)20-11-5-4-8-18(20)22)19-28(25,26)17-7-3-2-6-14(17)21(23)24/h2-3,6-7,9-10,12,19H,4-5,8,11H2,1H3. The number of rotatable bonds is 6. The van der Waals surface area contributed by atoms with Crippen LogP contribution in [0.5, 0.6) is 5.75 Å². The molecule has 2 aromatic carbocycles. The normalized spacial score (nSPS) is 14.6. The van der Waals surface area contributed by atoms with E-state index in [1.807, 2.05) is 0 Å². The topological polar surface area (TPSA) is 119 Å². The molecular formula is C18H19N3O6S. The number of ether oxygens (including phenoxy) is 1. The summed E-state index contributed by atoms with van der Waals surface area (Å²) in [6, 6.07) is 9.61. The molecule has 1 heterocycles. The number of nitrogens with one attached hydrogen (secondary N) is 1. The first-order valence-electron chi connectivity index (χ1n) is 8.58. The van der Waals surface area contributed by atoms with E-state index in [1.165, 1.54) is 37.4 Å². The molecule has 1 N–H and O–H groups in total. The van der Waals surface area contributed by atoms with Crippen LogP contribution < -0.4 is 14.4 Å². The zero-order valence-electron chi connectivity index (χ0n) is 15.1. The number of carbonyl (C=O) groups excluding carboxylic acids is 1. The van der Waals surface area contributed by atoms with Crippen LogP contribution in [0.1, 0.15) is 19.3 Å². The highest BCUT2D eigenvalue weighted by molar-refractivity contribution is 7.92. The highest BCUT2D eigenvalue weighted by atomic mass is 32.2. The van der Waals surface area contributed by atoms with E-state index in [4.69, 9.17) is 4.74 Å². The summed E-state index contributed by atoms with van der Waals surface area (Å²) in [5.41, 5.74) is 0.109. The van der Waals surface area contributed by atoms with E-state index in [0.717, 1.165) is 18.9 Å². The van der Waals surface area contributed by atoms with Gasteiger partial charge in [0, 0.05) is 19.0 Å². The Morgan fingerprint density at radius 3 is 2.61 bits per heavy atom. The molecule has 148 valence electrons. The molecule has 3 rings (SSSR count). The van der Waals surface area contributed by atoms with Crippen LogP contribution in [-0.2, 0) is 14.8 Å². The Bertz CT molecular complexity index is 1020. The Labute approximate surface area is 162 Å². The van der Waals surface area contributed by atoms with E-state index in [1.54, 1.807) is 11.0 Å². The molecule has 1 amide bonds. The van der Waals surface area contributed by atoms with Crippen LogP contribution >= 0.6 is 0 Å². The van der Waals surface area contributed by atoms with Gasteiger partial charge in [-0.05, 0) is 37.1 Å². The molecule has 1 aliphatic rings. The number of anilines is 2. The number of hydrogen-bond acceptors (Lipinski definition) is 6. The zero-order valence-corrected chi connectivity index (χ0v) is 15.9. The fourth-order valence-corrected chi connectivity index (χ4v) is 4.29. The van der Waals surface area contributed by atoms with Gasteiger partial charge in [0.1, 0.15) is 5.75 Å². The molecule has 2 aromatic rings. The fourth-order valence-electron chi connectivity index (χ4n) is 3.07. The molecule has 1 fully saturated rings. The molecule has 0 spiro atoms. The Kier molecular flexibility index (Phi) is 5.50. The monoisotopic (exact) mass is 405 g/mol. The average molecular weight is 405 g/mol. The van der Waals surface area contributed by atoms with E-state index in [0.29, 0.717) is 24.4 Å². The summed E-state index contributed by atoms with van der Waals surface area (Å²) in [5.74, 6) is 0.368. The quantitative estimate of drug-likeness (QED) is 0.583. The van der Waals surface area contributed by atoms with Crippen molar-refractivity contribution in [2.45, 2.75) is 24.2 Å². The van der Waals surface area contributed by atoms with Crippen molar-refractivity contribution in [3.8, 4) is 5.75 Å². The van der Waals surface area contributed by atoms with E-state index in [9.17, 15) is 23.3 Å². The number of amides is 1. The second-order valence-electron chi connectivity index (χ2n) is 6.22. The van der Waals surface area contributed by atoms with Gasteiger partial charge in [-0.1, -0.05) is 12.1 Å². The maximum atomic E-state index is 12.7. The Hall–Kier alpha value is -3.14. The van der Waals surface area contributed by atoms with Gasteiger partial charge in [-0.25, -0.2) is 8.42 Å². The minimum Gasteiger partial charge on any atom is -0.495 e. The van der Waals surface area contributed by atoms with Crippen LogP contribution in [0.3, 0.4) is 0 Å². The first-order chi connectivity index (χ1) is 13.3. The maximum absolute atomic E-state index is 12.7. The molecule has 0 aliphatic carbocycles.